The Morgan fingerprint density at radius 1 is 1.09 bits per heavy atom. The van der Waals surface area contributed by atoms with E-state index < -0.39 is 17.5 Å². The van der Waals surface area contributed by atoms with Gasteiger partial charge in [-0.2, -0.15) is 13.2 Å². The van der Waals surface area contributed by atoms with Crippen molar-refractivity contribution < 1.29 is 17.6 Å². The lowest BCUT2D eigenvalue weighted by Crippen LogP contribution is -2.18. The Hall–Kier alpha value is -2.41. The molecule has 0 amide bonds. The number of hydrogen-bond acceptors (Lipinski definition) is 3. The summed E-state index contributed by atoms with van der Waals surface area (Å²) in [6.45, 7) is 1.86. The van der Waals surface area contributed by atoms with Crippen molar-refractivity contribution in [3.8, 4) is 5.69 Å². The Kier molecular flexibility index (Phi) is 3.60. The van der Waals surface area contributed by atoms with Crippen LogP contribution in [0.5, 0.6) is 0 Å². The number of hydrogen-bond donors (Lipinski definition) is 0. The van der Waals surface area contributed by atoms with Crippen LogP contribution in [0, 0.1) is 11.6 Å². The van der Waals surface area contributed by atoms with Gasteiger partial charge in [0.15, 0.2) is 0 Å². The molecule has 3 nitrogen and oxygen atoms in total. The van der Waals surface area contributed by atoms with Crippen molar-refractivity contribution in [3.63, 3.8) is 0 Å². The molecule has 2 aromatic carbocycles. The highest BCUT2D eigenvalue weighted by Crippen LogP contribution is 2.29. The van der Waals surface area contributed by atoms with Gasteiger partial charge in [0.05, 0.1) is 16.6 Å². The van der Waals surface area contributed by atoms with Crippen LogP contribution in [0.25, 0.3) is 16.7 Å². The Labute approximate surface area is 133 Å². The lowest BCUT2D eigenvalue weighted by molar-refractivity contribution is -0.137. The van der Waals surface area contributed by atoms with E-state index in [9.17, 15) is 18.0 Å². The van der Waals surface area contributed by atoms with Crippen LogP contribution in [0.15, 0.2) is 51.7 Å². The van der Waals surface area contributed by atoms with Crippen molar-refractivity contribution in [2.24, 2.45) is 0 Å². The van der Waals surface area contributed by atoms with Crippen LogP contribution in [-0.2, 0) is 6.18 Å². The van der Waals surface area contributed by atoms with E-state index in [1.54, 1.807) is 18.2 Å². The van der Waals surface area contributed by atoms with Crippen molar-refractivity contribution in [2.45, 2.75) is 13.1 Å². The average molecular weight is 337 g/mol. The predicted molar refractivity (Wildman–Crippen MR) is 82.4 cm³/mol. The van der Waals surface area contributed by atoms with Crippen LogP contribution in [0.4, 0.5) is 13.2 Å². The number of aromatic nitrogens is 1. The second-order valence-electron chi connectivity index (χ2n) is 5.05. The Morgan fingerprint density at radius 2 is 1.74 bits per heavy atom. The summed E-state index contributed by atoms with van der Waals surface area (Å²) in [5, 5.41) is 0.555. The van der Waals surface area contributed by atoms with E-state index in [-0.39, 0.29) is 10.3 Å². The summed E-state index contributed by atoms with van der Waals surface area (Å²) in [5.41, 5.74) is 0.694. The molecular formula is C16H10F3NO2S. The molecule has 7 heteroatoms. The van der Waals surface area contributed by atoms with Gasteiger partial charge in [-0.1, -0.05) is 23.8 Å². The third-order valence-corrected chi connectivity index (χ3v) is 3.80. The lowest BCUT2D eigenvalue weighted by Gasteiger charge is -2.10. The van der Waals surface area contributed by atoms with Crippen LogP contribution in [-0.4, -0.2) is 4.57 Å². The molecule has 0 radical (unpaired) electrons. The van der Waals surface area contributed by atoms with Gasteiger partial charge in [0.2, 0.25) is 0 Å². The van der Waals surface area contributed by atoms with E-state index in [4.69, 9.17) is 16.6 Å². The molecule has 118 valence electrons. The van der Waals surface area contributed by atoms with E-state index in [0.717, 1.165) is 22.3 Å². The van der Waals surface area contributed by atoms with Gasteiger partial charge in [-0.15, -0.1) is 0 Å². The highest BCUT2D eigenvalue weighted by atomic mass is 32.1. The monoisotopic (exact) mass is 337 g/mol. The summed E-state index contributed by atoms with van der Waals surface area (Å²) in [6.07, 6.45) is -4.44. The van der Waals surface area contributed by atoms with Gasteiger partial charge in [0, 0.05) is 0 Å². The van der Waals surface area contributed by atoms with Gasteiger partial charge in [0.1, 0.15) is 10.2 Å². The fourth-order valence-corrected chi connectivity index (χ4v) is 2.60. The van der Waals surface area contributed by atoms with E-state index >= 15 is 0 Å². The molecule has 0 fully saturated rings. The quantitative estimate of drug-likeness (QED) is 0.607. The Morgan fingerprint density at radius 3 is 2.35 bits per heavy atom. The Bertz CT molecular complexity index is 1000. The SMILES string of the molecule is Cc1ccc2oc(=O)n(-c3ccc(C(F)(F)F)cc3)c(=S)c2c1. The summed E-state index contributed by atoms with van der Waals surface area (Å²) in [7, 11) is 0. The number of nitrogens with zero attached hydrogens (tertiary/aromatic N) is 1. The molecule has 1 aromatic heterocycles. The summed E-state index contributed by atoms with van der Waals surface area (Å²) >= 11 is 5.31. The fraction of sp³-hybridized carbons (Fsp3) is 0.125. The zero-order valence-electron chi connectivity index (χ0n) is 11.8. The first-order valence-corrected chi connectivity index (χ1v) is 7.02. The molecule has 0 unspecified atom stereocenters. The molecular weight excluding hydrogens is 327 g/mol. The van der Waals surface area contributed by atoms with Crippen LogP contribution in [0.3, 0.4) is 0 Å². The third-order valence-electron chi connectivity index (χ3n) is 3.40. The topological polar surface area (TPSA) is 35.1 Å². The highest BCUT2D eigenvalue weighted by Gasteiger charge is 2.30. The van der Waals surface area contributed by atoms with Crippen LogP contribution in [0.2, 0.25) is 0 Å². The summed E-state index contributed by atoms with van der Waals surface area (Å²) in [4.78, 5) is 12.1. The second-order valence-corrected chi connectivity index (χ2v) is 5.44. The largest absolute Gasteiger partial charge is 0.425 e. The molecule has 0 N–H and O–H groups in total. The van der Waals surface area contributed by atoms with E-state index in [0.29, 0.717) is 11.0 Å². The first-order valence-electron chi connectivity index (χ1n) is 6.61. The third kappa shape index (κ3) is 2.79. The normalized spacial score (nSPS) is 11.8. The summed E-state index contributed by atoms with van der Waals surface area (Å²) in [6, 6.07) is 9.37. The van der Waals surface area contributed by atoms with Crippen LogP contribution in [0.1, 0.15) is 11.1 Å². The number of halogens is 3. The zero-order valence-corrected chi connectivity index (χ0v) is 12.7. The molecule has 0 bridgehead atoms. The molecule has 0 aliphatic carbocycles. The molecule has 3 rings (SSSR count). The van der Waals surface area contributed by atoms with Gasteiger partial charge in [-0.25, -0.2) is 9.36 Å². The maximum atomic E-state index is 12.6. The molecule has 0 aliphatic rings. The van der Waals surface area contributed by atoms with E-state index in [1.165, 1.54) is 12.1 Å². The molecule has 3 aromatic rings. The maximum absolute atomic E-state index is 12.6. The smallest absolute Gasteiger partial charge is 0.409 e. The van der Waals surface area contributed by atoms with Crippen molar-refractivity contribution in [3.05, 3.63) is 68.8 Å². The minimum absolute atomic E-state index is 0.194. The minimum atomic E-state index is -4.44. The molecule has 23 heavy (non-hydrogen) atoms. The predicted octanol–water partition coefficient (Wildman–Crippen LogP) is 4.64. The summed E-state index contributed by atoms with van der Waals surface area (Å²) in [5.74, 6) is -0.744. The summed E-state index contributed by atoms with van der Waals surface area (Å²) < 4.78 is 44.4. The zero-order chi connectivity index (χ0) is 16.8. The van der Waals surface area contributed by atoms with Crippen molar-refractivity contribution in [2.75, 3.05) is 0 Å². The van der Waals surface area contributed by atoms with Gasteiger partial charge >= 0.3 is 11.9 Å². The van der Waals surface area contributed by atoms with Gasteiger partial charge in [0.25, 0.3) is 0 Å². The number of rotatable bonds is 1. The molecule has 0 saturated heterocycles. The molecule has 0 atom stereocenters. The standard InChI is InChI=1S/C16H10F3NO2S/c1-9-2-7-13-12(8-9)14(23)20(15(21)22-13)11-5-3-10(4-6-11)16(17,18)19/h2-8H,1H3. The maximum Gasteiger partial charge on any atom is 0.425 e. The van der Waals surface area contributed by atoms with Crippen LogP contribution >= 0.6 is 12.2 Å². The van der Waals surface area contributed by atoms with Crippen LogP contribution < -0.4 is 5.76 Å². The Balaban J connectivity index is 2.24. The molecule has 0 aliphatic heterocycles. The highest BCUT2D eigenvalue weighted by molar-refractivity contribution is 7.71. The molecule has 1 heterocycles. The van der Waals surface area contributed by atoms with Crippen molar-refractivity contribution in [1.29, 1.82) is 0 Å². The van der Waals surface area contributed by atoms with E-state index in [2.05, 4.69) is 0 Å². The average Bonchev–Trinajstić information content (AvgIpc) is 2.48. The number of aryl methyl sites for hydroxylation is 1. The number of alkyl halides is 3. The van der Waals surface area contributed by atoms with Gasteiger partial charge in [-0.05, 0) is 43.3 Å². The second kappa shape index (κ2) is 5.34. The first-order chi connectivity index (χ1) is 10.8. The fourth-order valence-electron chi connectivity index (χ4n) is 2.27. The first kappa shape index (κ1) is 15.5. The minimum Gasteiger partial charge on any atom is -0.409 e. The van der Waals surface area contributed by atoms with Crippen molar-refractivity contribution >= 4 is 23.2 Å². The van der Waals surface area contributed by atoms with E-state index in [1.807, 2.05) is 6.92 Å². The lowest BCUT2D eigenvalue weighted by atomic mass is 10.2. The van der Waals surface area contributed by atoms with Gasteiger partial charge < -0.3 is 4.42 Å². The number of fused-ring (bicyclic) bond motifs is 1. The number of benzene rings is 2. The van der Waals surface area contributed by atoms with Crippen molar-refractivity contribution in [1.82, 2.24) is 4.57 Å². The molecule has 0 spiro atoms. The van der Waals surface area contributed by atoms with Gasteiger partial charge in [-0.3, -0.25) is 0 Å². The molecule has 0 saturated carbocycles.